The molecule has 3 nitrogen and oxygen atoms in total. The van der Waals surface area contributed by atoms with Gasteiger partial charge in [-0.15, -0.1) is 0 Å². The van der Waals surface area contributed by atoms with Crippen molar-refractivity contribution in [1.29, 1.82) is 0 Å². The van der Waals surface area contributed by atoms with Crippen LogP contribution in [0.5, 0.6) is 0 Å². The maximum atomic E-state index is 13.8. The Morgan fingerprint density at radius 3 is 2.86 bits per heavy atom. The molecule has 0 radical (unpaired) electrons. The molecular formula is C16H19FINO2S. The van der Waals surface area contributed by atoms with Gasteiger partial charge in [0.15, 0.2) is 0 Å². The number of rotatable bonds is 6. The number of aromatic nitrogens is 1. The van der Waals surface area contributed by atoms with E-state index in [0.29, 0.717) is 18.9 Å². The van der Waals surface area contributed by atoms with Gasteiger partial charge >= 0.3 is 142 Å². The Bertz CT molecular complexity index is 672. The van der Waals surface area contributed by atoms with Crippen molar-refractivity contribution in [3.63, 3.8) is 0 Å². The first-order chi connectivity index (χ1) is 10.6. The van der Waals surface area contributed by atoms with Crippen LogP contribution in [0.3, 0.4) is 0 Å². The molecular weight excluding hydrogens is 416 g/mol. The molecule has 1 N–H and O–H groups in total. The van der Waals surface area contributed by atoms with Gasteiger partial charge in [-0.05, 0) is 0 Å². The van der Waals surface area contributed by atoms with Crippen LogP contribution >= 0.6 is 32.0 Å². The Balaban J connectivity index is 1.80. The van der Waals surface area contributed by atoms with E-state index in [4.69, 9.17) is 3.07 Å². The number of halogens is 2. The molecule has 2 aromatic rings. The molecule has 1 aliphatic rings. The normalized spacial score (nSPS) is 15.2. The molecule has 1 aromatic carbocycles. The molecule has 0 saturated heterocycles. The molecule has 6 heteroatoms. The fraction of sp³-hybridized carbons (Fsp3) is 0.438. The topological polar surface area (TPSA) is 42.4 Å². The van der Waals surface area contributed by atoms with Crippen LogP contribution in [0.1, 0.15) is 47.5 Å². The Labute approximate surface area is 142 Å². The summed E-state index contributed by atoms with van der Waals surface area (Å²) in [5.74, 6) is 0.369. The van der Waals surface area contributed by atoms with E-state index >= 15 is 0 Å². The summed E-state index contributed by atoms with van der Waals surface area (Å²) in [6, 6.07) is 5.32. The molecule has 1 aliphatic carbocycles. The minimum absolute atomic E-state index is 0.169. The first-order valence-electron chi connectivity index (χ1n) is 7.35. The number of thiazole rings is 1. The fourth-order valence-corrected chi connectivity index (χ4v) is 6.59. The van der Waals surface area contributed by atoms with E-state index in [0.717, 1.165) is 37.6 Å². The van der Waals surface area contributed by atoms with Crippen LogP contribution < -0.4 is 0 Å². The van der Waals surface area contributed by atoms with Gasteiger partial charge in [0, 0.05) is 0 Å². The summed E-state index contributed by atoms with van der Waals surface area (Å²) >= 11 is -1.01. The fourth-order valence-electron chi connectivity index (χ4n) is 2.41. The summed E-state index contributed by atoms with van der Waals surface area (Å²) in [5, 5.41) is 0.913. The first kappa shape index (κ1) is 16.3. The van der Waals surface area contributed by atoms with Gasteiger partial charge in [-0.1, -0.05) is 0 Å². The van der Waals surface area contributed by atoms with Crippen molar-refractivity contribution in [3.05, 3.63) is 48.7 Å². The van der Waals surface area contributed by atoms with Crippen LogP contribution in [0.4, 0.5) is 4.39 Å². The Hall–Kier alpha value is -0.570. The molecule has 0 unspecified atom stereocenters. The quantitative estimate of drug-likeness (QED) is 0.675. The maximum absolute atomic E-state index is 13.8. The third-order valence-corrected chi connectivity index (χ3v) is 8.85. The van der Waals surface area contributed by atoms with Crippen molar-refractivity contribution in [2.75, 3.05) is 6.61 Å². The number of aryl methyl sites for hydroxylation is 1. The minimum atomic E-state index is -2.51. The third-order valence-electron chi connectivity index (χ3n) is 3.53. The zero-order chi connectivity index (χ0) is 15.7. The van der Waals surface area contributed by atoms with Gasteiger partial charge in [-0.2, -0.15) is 0 Å². The zero-order valence-electron chi connectivity index (χ0n) is 12.6. The summed E-state index contributed by atoms with van der Waals surface area (Å²) in [5.41, 5.74) is 2.91. The van der Waals surface area contributed by atoms with Crippen LogP contribution in [-0.4, -0.2) is 15.0 Å². The monoisotopic (exact) mass is 435 g/mol. The molecule has 1 saturated carbocycles. The summed E-state index contributed by atoms with van der Waals surface area (Å²) < 4.78 is 30.1. The number of benzene rings is 1. The van der Waals surface area contributed by atoms with Gasteiger partial charge in [0.05, 0.1) is 0 Å². The Kier molecular flexibility index (Phi) is 5.11. The van der Waals surface area contributed by atoms with Crippen LogP contribution in [0.15, 0.2) is 18.2 Å². The Morgan fingerprint density at radius 2 is 2.18 bits per heavy atom. The molecule has 0 aliphatic heterocycles. The van der Waals surface area contributed by atoms with Gasteiger partial charge in [0.2, 0.25) is 0 Å². The van der Waals surface area contributed by atoms with Crippen molar-refractivity contribution in [1.82, 2.24) is 4.98 Å². The second-order valence-electron chi connectivity index (χ2n) is 5.44. The SMILES string of the molecule is CCOI(O)c1sc(Cc2cc(F)cc(C3CC3)c2)nc1C. The predicted octanol–water partition coefficient (Wildman–Crippen LogP) is 4.59. The summed E-state index contributed by atoms with van der Waals surface area (Å²) in [4.78, 5) is 4.52. The van der Waals surface area contributed by atoms with Gasteiger partial charge < -0.3 is 0 Å². The average molecular weight is 435 g/mol. The van der Waals surface area contributed by atoms with Crippen molar-refractivity contribution in [2.24, 2.45) is 0 Å². The van der Waals surface area contributed by atoms with E-state index in [1.165, 1.54) is 11.3 Å². The van der Waals surface area contributed by atoms with Crippen molar-refractivity contribution in [3.8, 4) is 0 Å². The molecule has 3 rings (SSSR count). The van der Waals surface area contributed by atoms with Gasteiger partial charge in [-0.3, -0.25) is 0 Å². The molecule has 120 valence electrons. The van der Waals surface area contributed by atoms with Crippen LogP contribution in [0.2, 0.25) is 0 Å². The van der Waals surface area contributed by atoms with Crippen LogP contribution in [0.25, 0.3) is 0 Å². The number of nitrogens with zero attached hydrogens (tertiary/aromatic N) is 1. The molecule has 0 bridgehead atoms. The first-order valence-corrected chi connectivity index (χ1v) is 11.1. The summed E-state index contributed by atoms with van der Waals surface area (Å²) in [6.45, 7) is 4.29. The van der Waals surface area contributed by atoms with E-state index < -0.39 is 20.6 Å². The van der Waals surface area contributed by atoms with Crippen molar-refractivity contribution < 1.29 is 10.9 Å². The van der Waals surface area contributed by atoms with Crippen LogP contribution in [-0.2, 0) is 9.49 Å². The van der Waals surface area contributed by atoms with E-state index in [1.807, 2.05) is 13.8 Å². The van der Waals surface area contributed by atoms with E-state index in [-0.39, 0.29) is 5.82 Å². The van der Waals surface area contributed by atoms with Crippen molar-refractivity contribution in [2.45, 2.75) is 39.0 Å². The average Bonchev–Trinajstić information content (AvgIpc) is 3.23. The predicted molar refractivity (Wildman–Crippen MR) is 94.6 cm³/mol. The summed E-state index contributed by atoms with van der Waals surface area (Å²) in [6.07, 6.45) is 2.94. The second-order valence-corrected chi connectivity index (χ2v) is 10.3. The van der Waals surface area contributed by atoms with Gasteiger partial charge in [0.25, 0.3) is 0 Å². The molecule has 1 fully saturated rings. The van der Waals surface area contributed by atoms with E-state index in [2.05, 4.69) is 11.1 Å². The molecule has 0 amide bonds. The molecule has 22 heavy (non-hydrogen) atoms. The van der Waals surface area contributed by atoms with Crippen molar-refractivity contribution >= 4 is 32.0 Å². The van der Waals surface area contributed by atoms with Crippen LogP contribution in [0, 0.1) is 15.6 Å². The Morgan fingerprint density at radius 1 is 1.41 bits per heavy atom. The molecule has 1 aromatic heterocycles. The molecule has 0 atom stereocenters. The van der Waals surface area contributed by atoms with E-state index in [9.17, 15) is 7.83 Å². The third kappa shape index (κ3) is 3.84. The number of hydrogen-bond acceptors (Lipinski definition) is 4. The molecule has 1 heterocycles. The van der Waals surface area contributed by atoms with Gasteiger partial charge in [0.1, 0.15) is 0 Å². The summed E-state index contributed by atoms with van der Waals surface area (Å²) in [7, 11) is 0. The standard InChI is InChI=1S/C16H19FINO2S/c1-3-21-18(20)16-10(2)19-15(22-16)8-11-6-13(12-4-5-12)9-14(17)7-11/h6-7,9,12,20H,3-5,8H2,1-2H3. The zero-order valence-corrected chi connectivity index (χ0v) is 15.6. The second kappa shape index (κ2) is 6.90. The number of hydrogen-bond donors (Lipinski definition) is 1. The van der Waals surface area contributed by atoms with E-state index in [1.54, 1.807) is 12.1 Å². The van der Waals surface area contributed by atoms with Gasteiger partial charge in [-0.25, -0.2) is 0 Å². The molecule has 0 spiro atoms.